The average molecular weight is 154 g/mol. The molecule has 0 aromatic heterocycles. The van der Waals surface area contributed by atoms with Crippen LogP contribution in [0.15, 0.2) is 0 Å². The van der Waals surface area contributed by atoms with Crippen LogP contribution in [0.4, 0.5) is 0 Å². The third kappa shape index (κ3) is 6.88. The van der Waals surface area contributed by atoms with Crippen LogP contribution in [0.3, 0.4) is 0 Å². The average Bonchev–Trinajstić information content (AvgIpc) is 1.83. The number of nitrogens with two attached hydrogens (primary N) is 1. The predicted octanol–water partition coefficient (Wildman–Crippen LogP) is -0.137. The maximum absolute atomic E-state index is 10.7. The molecular formula is C8H14N2O. The van der Waals surface area contributed by atoms with Crippen molar-refractivity contribution in [2.75, 3.05) is 6.54 Å². The zero-order chi connectivity index (χ0) is 8.91. The fourth-order valence-corrected chi connectivity index (χ4v) is 0.466. The van der Waals surface area contributed by atoms with Crippen LogP contribution < -0.4 is 11.1 Å². The molecule has 0 aromatic rings. The van der Waals surface area contributed by atoms with Crippen molar-refractivity contribution >= 4 is 5.91 Å². The number of amides is 1. The lowest BCUT2D eigenvalue weighted by Crippen LogP contribution is -2.44. The molecule has 0 fully saturated rings. The fraction of sp³-hybridized carbons (Fsp3) is 0.625. The quantitative estimate of drug-likeness (QED) is 0.544. The van der Waals surface area contributed by atoms with E-state index in [1.165, 1.54) is 0 Å². The summed E-state index contributed by atoms with van der Waals surface area (Å²) in [6.07, 6.45) is 0. The van der Waals surface area contributed by atoms with E-state index in [-0.39, 0.29) is 11.4 Å². The van der Waals surface area contributed by atoms with Crippen molar-refractivity contribution in [3.63, 3.8) is 0 Å². The SMILES string of the molecule is CC#CC(=O)NCC(C)(C)N. The van der Waals surface area contributed by atoms with Gasteiger partial charge in [-0.05, 0) is 26.7 Å². The van der Waals surface area contributed by atoms with Crippen molar-refractivity contribution in [1.29, 1.82) is 0 Å². The van der Waals surface area contributed by atoms with Gasteiger partial charge in [0.2, 0.25) is 0 Å². The van der Waals surface area contributed by atoms with Crippen LogP contribution in [-0.2, 0) is 4.79 Å². The molecule has 0 radical (unpaired) electrons. The molecule has 0 atom stereocenters. The molecule has 0 unspecified atom stereocenters. The molecule has 1 amide bonds. The summed E-state index contributed by atoms with van der Waals surface area (Å²) in [6.45, 7) is 5.74. The number of rotatable bonds is 2. The maximum Gasteiger partial charge on any atom is 0.295 e. The second-order valence-corrected chi connectivity index (χ2v) is 3.05. The van der Waals surface area contributed by atoms with E-state index in [4.69, 9.17) is 5.73 Å². The van der Waals surface area contributed by atoms with Crippen LogP contribution in [0.1, 0.15) is 20.8 Å². The summed E-state index contributed by atoms with van der Waals surface area (Å²) in [4.78, 5) is 10.7. The third-order valence-corrected chi connectivity index (χ3v) is 0.943. The van der Waals surface area contributed by atoms with Gasteiger partial charge in [0.1, 0.15) is 0 Å². The molecule has 0 aliphatic heterocycles. The Kier molecular flexibility index (Phi) is 3.63. The summed E-state index contributed by atoms with van der Waals surface area (Å²) in [5.74, 6) is 4.59. The minimum Gasteiger partial charge on any atom is -0.343 e. The molecule has 11 heavy (non-hydrogen) atoms. The molecule has 0 spiro atoms. The molecule has 0 rings (SSSR count). The fourth-order valence-electron chi connectivity index (χ4n) is 0.466. The van der Waals surface area contributed by atoms with Crippen LogP contribution in [0.2, 0.25) is 0 Å². The zero-order valence-corrected chi connectivity index (χ0v) is 7.19. The van der Waals surface area contributed by atoms with Crippen LogP contribution in [-0.4, -0.2) is 18.0 Å². The highest BCUT2D eigenvalue weighted by molar-refractivity contribution is 5.93. The van der Waals surface area contributed by atoms with Crippen molar-refractivity contribution in [3.05, 3.63) is 0 Å². The number of hydrogen-bond acceptors (Lipinski definition) is 2. The Labute approximate surface area is 67.3 Å². The first-order valence-corrected chi connectivity index (χ1v) is 3.45. The van der Waals surface area contributed by atoms with Crippen molar-refractivity contribution in [1.82, 2.24) is 5.32 Å². The maximum atomic E-state index is 10.7. The van der Waals surface area contributed by atoms with Gasteiger partial charge in [-0.2, -0.15) is 0 Å². The molecule has 0 aromatic carbocycles. The van der Waals surface area contributed by atoms with Crippen LogP contribution in [0.5, 0.6) is 0 Å². The summed E-state index contributed by atoms with van der Waals surface area (Å²) < 4.78 is 0. The van der Waals surface area contributed by atoms with Gasteiger partial charge in [0, 0.05) is 12.1 Å². The Morgan fingerprint density at radius 2 is 2.18 bits per heavy atom. The van der Waals surface area contributed by atoms with Gasteiger partial charge >= 0.3 is 0 Å². The monoisotopic (exact) mass is 154 g/mol. The molecule has 62 valence electrons. The van der Waals surface area contributed by atoms with E-state index in [9.17, 15) is 4.79 Å². The highest BCUT2D eigenvalue weighted by atomic mass is 16.1. The summed E-state index contributed by atoms with van der Waals surface area (Å²) >= 11 is 0. The summed E-state index contributed by atoms with van der Waals surface area (Å²) in [5.41, 5.74) is 5.25. The van der Waals surface area contributed by atoms with Crippen molar-refractivity contribution in [2.24, 2.45) is 5.73 Å². The minimum atomic E-state index is -0.370. The van der Waals surface area contributed by atoms with E-state index in [0.29, 0.717) is 6.54 Å². The van der Waals surface area contributed by atoms with Gasteiger partial charge in [0.15, 0.2) is 0 Å². The van der Waals surface area contributed by atoms with Crippen LogP contribution in [0.25, 0.3) is 0 Å². The van der Waals surface area contributed by atoms with E-state index in [0.717, 1.165) is 0 Å². The van der Waals surface area contributed by atoms with Gasteiger partial charge in [-0.25, -0.2) is 0 Å². The van der Waals surface area contributed by atoms with E-state index < -0.39 is 0 Å². The molecular weight excluding hydrogens is 140 g/mol. The second-order valence-electron chi connectivity index (χ2n) is 3.05. The molecule has 0 saturated heterocycles. The number of carbonyl (C=O) groups is 1. The van der Waals surface area contributed by atoms with Gasteiger partial charge in [-0.3, -0.25) is 4.79 Å². The Bertz CT molecular complexity index is 192. The van der Waals surface area contributed by atoms with E-state index in [2.05, 4.69) is 17.2 Å². The van der Waals surface area contributed by atoms with Gasteiger partial charge < -0.3 is 11.1 Å². The predicted molar refractivity (Wildman–Crippen MR) is 44.7 cm³/mol. The first-order chi connectivity index (χ1) is 4.95. The smallest absolute Gasteiger partial charge is 0.295 e. The lowest BCUT2D eigenvalue weighted by Gasteiger charge is -2.17. The Balaban J connectivity index is 3.69. The van der Waals surface area contributed by atoms with E-state index in [1.807, 2.05) is 13.8 Å². The van der Waals surface area contributed by atoms with E-state index in [1.54, 1.807) is 6.92 Å². The number of nitrogens with one attached hydrogen (secondary N) is 1. The number of carbonyl (C=O) groups excluding carboxylic acids is 1. The molecule has 0 aliphatic rings. The first kappa shape index (κ1) is 9.99. The lowest BCUT2D eigenvalue weighted by molar-refractivity contribution is -0.115. The lowest BCUT2D eigenvalue weighted by atomic mass is 10.1. The molecule has 0 saturated carbocycles. The Morgan fingerprint density at radius 1 is 1.64 bits per heavy atom. The highest BCUT2D eigenvalue weighted by Crippen LogP contribution is 1.91. The number of hydrogen-bond donors (Lipinski definition) is 2. The van der Waals surface area contributed by atoms with Gasteiger partial charge in [0.25, 0.3) is 5.91 Å². The normalized spacial score (nSPS) is 9.82. The largest absolute Gasteiger partial charge is 0.343 e. The molecule has 3 heteroatoms. The zero-order valence-electron chi connectivity index (χ0n) is 7.19. The van der Waals surface area contributed by atoms with Crippen LogP contribution in [0, 0.1) is 11.8 Å². The van der Waals surface area contributed by atoms with Crippen LogP contribution >= 0.6 is 0 Å². The second kappa shape index (κ2) is 3.99. The Hall–Kier alpha value is -1.01. The molecule has 0 heterocycles. The topological polar surface area (TPSA) is 55.1 Å². The van der Waals surface area contributed by atoms with Gasteiger partial charge in [-0.15, -0.1) is 0 Å². The Morgan fingerprint density at radius 3 is 2.55 bits per heavy atom. The summed E-state index contributed by atoms with van der Waals surface area (Å²) in [7, 11) is 0. The summed E-state index contributed by atoms with van der Waals surface area (Å²) in [5, 5.41) is 2.59. The van der Waals surface area contributed by atoms with Gasteiger partial charge in [0.05, 0.1) is 0 Å². The summed E-state index contributed by atoms with van der Waals surface area (Å²) in [6, 6.07) is 0. The third-order valence-electron chi connectivity index (χ3n) is 0.943. The minimum absolute atomic E-state index is 0.272. The molecule has 3 N–H and O–H groups in total. The molecule has 0 aliphatic carbocycles. The van der Waals surface area contributed by atoms with Crippen molar-refractivity contribution in [2.45, 2.75) is 26.3 Å². The van der Waals surface area contributed by atoms with Crippen molar-refractivity contribution in [3.8, 4) is 11.8 Å². The highest BCUT2D eigenvalue weighted by Gasteiger charge is 2.10. The first-order valence-electron chi connectivity index (χ1n) is 3.45. The standard InChI is InChI=1S/C8H14N2O/c1-4-5-7(11)10-6-8(2,3)9/h6,9H2,1-3H3,(H,10,11). The van der Waals surface area contributed by atoms with E-state index >= 15 is 0 Å². The molecule has 0 bridgehead atoms. The van der Waals surface area contributed by atoms with Crippen molar-refractivity contribution < 1.29 is 4.79 Å². The van der Waals surface area contributed by atoms with Gasteiger partial charge in [-0.1, -0.05) is 5.92 Å². The molecule has 3 nitrogen and oxygen atoms in total.